The van der Waals surface area contributed by atoms with E-state index in [2.05, 4.69) is 5.10 Å². The van der Waals surface area contributed by atoms with Gasteiger partial charge in [-0.2, -0.15) is 5.10 Å². The number of para-hydroxylation sites is 1. The number of hydrogen-bond donors (Lipinski definition) is 1. The van der Waals surface area contributed by atoms with E-state index in [-0.39, 0.29) is 30.5 Å². The molecule has 0 aliphatic carbocycles. The highest BCUT2D eigenvalue weighted by Crippen LogP contribution is 2.15. The van der Waals surface area contributed by atoms with Gasteiger partial charge < -0.3 is 9.47 Å². The number of benzene rings is 2. The first-order valence-electron chi connectivity index (χ1n) is 8.92. The number of primary sulfonamides is 1. The van der Waals surface area contributed by atoms with Crippen LogP contribution in [-0.4, -0.2) is 37.4 Å². The summed E-state index contributed by atoms with van der Waals surface area (Å²) in [4.78, 5) is 11.9. The van der Waals surface area contributed by atoms with Crippen molar-refractivity contribution >= 4 is 16.0 Å². The quantitative estimate of drug-likeness (QED) is 0.423. The highest BCUT2D eigenvalue weighted by molar-refractivity contribution is 7.89. The SMILES string of the molecule is NS(=O)(=O)c1ccc(OCCOC(=O)CCc2cnn(-c3ccccc3)c2)cc1. The van der Waals surface area contributed by atoms with Crippen molar-refractivity contribution in [2.75, 3.05) is 13.2 Å². The van der Waals surface area contributed by atoms with E-state index in [1.165, 1.54) is 24.3 Å². The van der Waals surface area contributed by atoms with E-state index >= 15 is 0 Å². The summed E-state index contributed by atoms with van der Waals surface area (Å²) in [6.45, 7) is 0.255. The van der Waals surface area contributed by atoms with Gasteiger partial charge in [0.25, 0.3) is 0 Å². The second kappa shape index (κ2) is 9.35. The Balaban J connectivity index is 1.37. The maximum absolute atomic E-state index is 11.9. The van der Waals surface area contributed by atoms with Gasteiger partial charge >= 0.3 is 5.97 Å². The summed E-state index contributed by atoms with van der Waals surface area (Å²) < 4.78 is 34.7. The molecule has 2 N–H and O–H groups in total. The molecule has 0 atom stereocenters. The Bertz CT molecular complexity index is 1050. The molecule has 3 aromatic rings. The van der Waals surface area contributed by atoms with E-state index in [4.69, 9.17) is 14.6 Å². The summed E-state index contributed by atoms with van der Waals surface area (Å²) in [6, 6.07) is 15.4. The van der Waals surface area contributed by atoms with Crippen LogP contribution in [0.15, 0.2) is 71.9 Å². The Morgan fingerprint density at radius 2 is 1.76 bits per heavy atom. The molecule has 152 valence electrons. The Labute approximate surface area is 168 Å². The molecule has 0 radical (unpaired) electrons. The standard InChI is InChI=1S/C20H21N3O5S/c21-29(25,26)19-9-7-18(8-10-19)27-12-13-28-20(24)11-6-16-14-22-23(15-16)17-4-2-1-3-5-17/h1-5,7-10,14-15H,6,11-13H2,(H2,21,25,26). The summed E-state index contributed by atoms with van der Waals surface area (Å²) >= 11 is 0. The van der Waals surface area contributed by atoms with Crippen LogP contribution in [0.2, 0.25) is 0 Å². The Morgan fingerprint density at radius 1 is 1.03 bits per heavy atom. The maximum atomic E-state index is 11.9. The number of ether oxygens (including phenoxy) is 2. The van der Waals surface area contributed by atoms with Crippen LogP contribution in [0.3, 0.4) is 0 Å². The largest absolute Gasteiger partial charge is 0.490 e. The summed E-state index contributed by atoms with van der Waals surface area (Å²) in [5.74, 6) is 0.132. The highest BCUT2D eigenvalue weighted by atomic mass is 32.2. The summed E-state index contributed by atoms with van der Waals surface area (Å²) in [5.41, 5.74) is 1.90. The number of aromatic nitrogens is 2. The van der Waals surface area contributed by atoms with E-state index in [9.17, 15) is 13.2 Å². The van der Waals surface area contributed by atoms with Crippen LogP contribution in [-0.2, 0) is 26.0 Å². The van der Waals surface area contributed by atoms with Crippen molar-refractivity contribution in [2.45, 2.75) is 17.7 Å². The molecule has 0 spiro atoms. The fraction of sp³-hybridized carbons (Fsp3) is 0.200. The lowest BCUT2D eigenvalue weighted by Crippen LogP contribution is -2.13. The van der Waals surface area contributed by atoms with Crippen LogP contribution in [0.5, 0.6) is 5.75 Å². The number of hydrogen-bond acceptors (Lipinski definition) is 6. The lowest BCUT2D eigenvalue weighted by atomic mass is 10.2. The van der Waals surface area contributed by atoms with E-state index in [0.29, 0.717) is 12.2 Å². The Morgan fingerprint density at radius 3 is 2.45 bits per heavy atom. The first kappa shape index (κ1) is 20.6. The van der Waals surface area contributed by atoms with Gasteiger partial charge in [0.1, 0.15) is 19.0 Å². The van der Waals surface area contributed by atoms with Gasteiger partial charge in [-0.1, -0.05) is 18.2 Å². The fourth-order valence-electron chi connectivity index (χ4n) is 2.57. The van der Waals surface area contributed by atoms with Crippen molar-refractivity contribution in [3.63, 3.8) is 0 Å². The number of carbonyl (C=O) groups excluding carboxylic acids is 1. The number of nitrogens with two attached hydrogens (primary N) is 1. The summed E-state index contributed by atoms with van der Waals surface area (Å²) in [6.07, 6.45) is 4.39. The molecule has 0 aliphatic rings. The molecule has 0 amide bonds. The van der Waals surface area contributed by atoms with Crippen molar-refractivity contribution < 1.29 is 22.7 Å². The first-order chi connectivity index (χ1) is 13.9. The van der Waals surface area contributed by atoms with Crippen molar-refractivity contribution in [1.29, 1.82) is 0 Å². The normalized spacial score (nSPS) is 11.2. The number of aryl methyl sites for hydroxylation is 1. The minimum Gasteiger partial charge on any atom is -0.490 e. The fourth-order valence-corrected chi connectivity index (χ4v) is 3.09. The molecule has 0 saturated carbocycles. The second-order valence-electron chi connectivity index (χ2n) is 6.21. The molecule has 1 heterocycles. The van der Waals surface area contributed by atoms with Crippen LogP contribution in [0.25, 0.3) is 5.69 Å². The number of esters is 1. The zero-order valence-corrected chi connectivity index (χ0v) is 16.4. The van der Waals surface area contributed by atoms with Crippen LogP contribution < -0.4 is 9.88 Å². The van der Waals surface area contributed by atoms with Crippen LogP contribution in [0.4, 0.5) is 0 Å². The molecule has 3 rings (SSSR count). The monoisotopic (exact) mass is 415 g/mol. The maximum Gasteiger partial charge on any atom is 0.306 e. The van der Waals surface area contributed by atoms with E-state index in [0.717, 1.165) is 11.3 Å². The van der Waals surface area contributed by atoms with Gasteiger partial charge in [0.15, 0.2) is 0 Å². The molecule has 8 nitrogen and oxygen atoms in total. The van der Waals surface area contributed by atoms with Crippen molar-refractivity contribution in [3.05, 3.63) is 72.6 Å². The Kier molecular flexibility index (Phi) is 6.63. The van der Waals surface area contributed by atoms with Crippen LogP contribution in [0, 0.1) is 0 Å². The van der Waals surface area contributed by atoms with Gasteiger partial charge in [-0.05, 0) is 48.4 Å². The van der Waals surface area contributed by atoms with Gasteiger partial charge in [0, 0.05) is 12.6 Å². The molecular weight excluding hydrogens is 394 g/mol. The Hall–Kier alpha value is -3.17. The summed E-state index contributed by atoms with van der Waals surface area (Å²) in [7, 11) is -3.73. The van der Waals surface area contributed by atoms with Gasteiger partial charge in [0.2, 0.25) is 10.0 Å². The predicted octanol–water partition coefficient (Wildman–Crippen LogP) is 2.07. The highest BCUT2D eigenvalue weighted by Gasteiger charge is 2.08. The van der Waals surface area contributed by atoms with E-state index < -0.39 is 10.0 Å². The first-order valence-corrected chi connectivity index (χ1v) is 10.5. The van der Waals surface area contributed by atoms with Gasteiger partial charge in [-0.15, -0.1) is 0 Å². The molecule has 0 bridgehead atoms. The lowest BCUT2D eigenvalue weighted by Gasteiger charge is -2.08. The third-order valence-electron chi connectivity index (χ3n) is 4.04. The molecule has 1 aromatic heterocycles. The topological polar surface area (TPSA) is 114 Å². The molecule has 9 heteroatoms. The third kappa shape index (κ3) is 6.16. The van der Waals surface area contributed by atoms with Gasteiger partial charge in [-0.3, -0.25) is 4.79 Å². The van der Waals surface area contributed by atoms with Crippen molar-refractivity contribution in [3.8, 4) is 11.4 Å². The van der Waals surface area contributed by atoms with Crippen molar-refractivity contribution in [2.24, 2.45) is 5.14 Å². The minimum atomic E-state index is -3.73. The molecule has 0 aliphatic heterocycles. The number of sulfonamides is 1. The number of carbonyl (C=O) groups is 1. The molecule has 0 unspecified atom stereocenters. The van der Waals surface area contributed by atoms with Crippen molar-refractivity contribution in [1.82, 2.24) is 9.78 Å². The average molecular weight is 415 g/mol. The summed E-state index contributed by atoms with van der Waals surface area (Å²) in [5, 5.41) is 9.33. The number of rotatable bonds is 9. The zero-order chi connectivity index (χ0) is 20.7. The molecular formula is C20H21N3O5S. The molecule has 2 aromatic carbocycles. The molecule has 0 saturated heterocycles. The predicted molar refractivity (Wildman–Crippen MR) is 106 cm³/mol. The smallest absolute Gasteiger partial charge is 0.306 e. The van der Waals surface area contributed by atoms with Gasteiger partial charge in [0.05, 0.1) is 16.8 Å². The van der Waals surface area contributed by atoms with Crippen LogP contribution >= 0.6 is 0 Å². The lowest BCUT2D eigenvalue weighted by molar-refractivity contribution is -0.144. The van der Waals surface area contributed by atoms with E-state index in [1.807, 2.05) is 36.5 Å². The average Bonchev–Trinajstić information content (AvgIpc) is 3.19. The molecule has 29 heavy (non-hydrogen) atoms. The third-order valence-corrected chi connectivity index (χ3v) is 4.97. The van der Waals surface area contributed by atoms with Gasteiger partial charge in [-0.25, -0.2) is 18.2 Å². The second-order valence-corrected chi connectivity index (χ2v) is 7.78. The van der Waals surface area contributed by atoms with Crippen LogP contribution in [0.1, 0.15) is 12.0 Å². The minimum absolute atomic E-state index is 0.00636. The molecule has 0 fully saturated rings. The zero-order valence-electron chi connectivity index (χ0n) is 15.6. The number of nitrogens with zero attached hydrogens (tertiary/aromatic N) is 2. The van der Waals surface area contributed by atoms with E-state index in [1.54, 1.807) is 10.9 Å².